The van der Waals surface area contributed by atoms with Crippen LogP contribution in [0.5, 0.6) is 0 Å². The van der Waals surface area contributed by atoms with Gasteiger partial charge in [-0.15, -0.1) is 0 Å². The maximum Gasteiger partial charge on any atom is 0.433 e. The van der Waals surface area contributed by atoms with E-state index < -0.39 is 33.8 Å². The zero-order chi connectivity index (χ0) is 19.7. The Morgan fingerprint density at radius 3 is 2.15 bits per heavy atom. The van der Waals surface area contributed by atoms with E-state index >= 15 is 0 Å². The summed E-state index contributed by atoms with van der Waals surface area (Å²) in [5, 5.41) is 5.03. The lowest BCUT2D eigenvalue weighted by Crippen LogP contribution is -2.30. The molecule has 2 N–H and O–H groups in total. The van der Waals surface area contributed by atoms with Gasteiger partial charge in [-0.25, -0.2) is 13.6 Å². The number of amides is 1. The van der Waals surface area contributed by atoms with Crippen molar-refractivity contribution in [2.24, 2.45) is 5.14 Å². The molecule has 140 valence electrons. The number of primary sulfonamides is 1. The van der Waals surface area contributed by atoms with Gasteiger partial charge >= 0.3 is 6.18 Å². The van der Waals surface area contributed by atoms with Crippen LogP contribution in [0.3, 0.4) is 0 Å². The summed E-state index contributed by atoms with van der Waals surface area (Å²) in [6.07, 6.45) is -3.70. The SMILES string of the molecule is CC(c1ccc(S(N)(=O)=O)cc1)N(C)C(=O)c1ccc(C(F)(F)F)nc1. The highest BCUT2D eigenvalue weighted by atomic mass is 32.2. The quantitative estimate of drug-likeness (QED) is 0.873. The summed E-state index contributed by atoms with van der Waals surface area (Å²) in [5.41, 5.74) is -0.440. The van der Waals surface area contributed by atoms with Crippen molar-refractivity contribution in [1.82, 2.24) is 9.88 Å². The smallest absolute Gasteiger partial charge is 0.335 e. The van der Waals surface area contributed by atoms with Crippen molar-refractivity contribution >= 4 is 15.9 Å². The van der Waals surface area contributed by atoms with Crippen molar-refractivity contribution in [2.45, 2.75) is 24.0 Å². The van der Waals surface area contributed by atoms with Crippen molar-refractivity contribution in [1.29, 1.82) is 0 Å². The number of aromatic nitrogens is 1. The number of sulfonamides is 1. The van der Waals surface area contributed by atoms with Gasteiger partial charge < -0.3 is 4.90 Å². The van der Waals surface area contributed by atoms with Crippen LogP contribution in [0.1, 0.15) is 34.6 Å². The molecule has 26 heavy (non-hydrogen) atoms. The van der Waals surface area contributed by atoms with E-state index in [4.69, 9.17) is 5.14 Å². The first-order chi connectivity index (χ1) is 11.9. The van der Waals surface area contributed by atoms with E-state index in [1.165, 1.54) is 36.2 Å². The number of hydrogen-bond acceptors (Lipinski definition) is 4. The summed E-state index contributed by atoms with van der Waals surface area (Å²) in [5.74, 6) is -0.519. The second kappa shape index (κ2) is 7.04. The summed E-state index contributed by atoms with van der Waals surface area (Å²) in [7, 11) is -2.34. The van der Waals surface area contributed by atoms with Gasteiger partial charge in [-0.2, -0.15) is 13.2 Å². The van der Waals surface area contributed by atoms with Gasteiger partial charge in [0.15, 0.2) is 0 Å². The minimum atomic E-state index is -4.58. The Kier molecular flexibility index (Phi) is 5.38. The van der Waals surface area contributed by atoms with Crippen LogP contribution in [0.25, 0.3) is 0 Å². The summed E-state index contributed by atoms with van der Waals surface area (Å²) in [4.78, 5) is 17.0. The van der Waals surface area contributed by atoms with Gasteiger partial charge in [0.05, 0.1) is 16.5 Å². The van der Waals surface area contributed by atoms with Crippen molar-refractivity contribution in [3.8, 4) is 0 Å². The predicted octanol–water partition coefficient (Wildman–Crippen LogP) is 2.58. The number of nitrogens with zero attached hydrogens (tertiary/aromatic N) is 2. The average molecular weight is 387 g/mol. The highest BCUT2D eigenvalue weighted by Crippen LogP contribution is 2.28. The first-order valence-corrected chi connectivity index (χ1v) is 8.89. The van der Waals surface area contributed by atoms with Crippen LogP contribution in [-0.2, 0) is 16.2 Å². The maximum absolute atomic E-state index is 12.5. The van der Waals surface area contributed by atoms with E-state index in [-0.39, 0.29) is 10.5 Å². The van der Waals surface area contributed by atoms with Crippen LogP contribution in [0, 0.1) is 0 Å². The molecule has 6 nitrogen and oxygen atoms in total. The van der Waals surface area contributed by atoms with E-state index in [0.717, 1.165) is 18.3 Å². The van der Waals surface area contributed by atoms with Gasteiger partial charge in [0.25, 0.3) is 5.91 Å². The summed E-state index contributed by atoms with van der Waals surface area (Å²) < 4.78 is 60.1. The van der Waals surface area contributed by atoms with E-state index in [1.54, 1.807) is 6.92 Å². The Balaban J connectivity index is 2.19. The Bertz CT molecular complexity index is 895. The van der Waals surface area contributed by atoms with E-state index in [1.807, 2.05) is 0 Å². The second-order valence-electron chi connectivity index (χ2n) is 5.64. The van der Waals surface area contributed by atoms with Crippen LogP contribution < -0.4 is 5.14 Å². The predicted molar refractivity (Wildman–Crippen MR) is 87.6 cm³/mol. The summed E-state index contributed by atoms with van der Waals surface area (Å²) in [6.45, 7) is 1.70. The topological polar surface area (TPSA) is 93.4 Å². The fraction of sp³-hybridized carbons (Fsp3) is 0.250. The Hall–Kier alpha value is -2.46. The highest BCUT2D eigenvalue weighted by Gasteiger charge is 2.32. The van der Waals surface area contributed by atoms with Gasteiger partial charge in [-0.05, 0) is 36.8 Å². The Morgan fingerprint density at radius 1 is 1.15 bits per heavy atom. The fourth-order valence-electron chi connectivity index (χ4n) is 2.23. The molecule has 0 bridgehead atoms. The monoisotopic (exact) mass is 387 g/mol. The molecular formula is C16H16F3N3O3S. The standard InChI is InChI=1S/C16H16F3N3O3S/c1-10(11-3-6-13(7-4-11)26(20,24)25)22(2)15(23)12-5-8-14(21-9-12)16(17,18)19/h3-10H,1-2H3,(H2,20,24,25). The van der Waals surface area contributed by atoms with E-state index in [0.29, 0.717) is 5.56 Å². The normalized spacial score (nSPS) is 13.3. The zero-order valence-electron chi connectivity index (χ0n) is 13.9. The lowest BCUT2D eigenvalue weighted by molar-refractivity contribution is -0.141. The minimum Gasteiger partial charge on any atom is -0.335 e. The van der Waals surface area contributed by atoms with Crippen molar-refractivity contribution in [3.05, 3.63) is 59.4 Å². The number of nitrogens with two attached hydrogens (primary N) is 1. The molecule has 1 heterocycles. The minimum absolute atomic E-state index is 0.00788. The highest BCUT2D eigenvalue weighted by molar-refractivity contribution is 7.89. The molecule has 0 spiro atoms. The van der Waals surface area contributed by atoms with E-state index in [2.05, 4.69) is 4.98 Å². The molecule has 1 unspecified atom stereocenters. The third-order valence-electron chi connectivity index (χ3n) is 3.89. The van der Waals surface area contributed by atoms with Crippen LogP contribution >= 0.6 is 0 Å². The Morgan fingerprint density at radius 2 is 1.73 bits per heavy atom. The van der Waals surface area contributed by atoms with Gasteiger partial charge in [-0.3, -0.25) is 9.78 Å². The molecule has 2 rings (SSSR count). The zero-order valence-corrected chi connectivity index (χ0v) is 14.7. The molecule has 1 aromatic carbocycles. The number of alkyl halides is 3. The largest absolute Gasteiger partial charge is 0.433 e. The number of benzene rings is 1. The fourth-order valence-corrected chi connectivity index (χ4v) is 2.74. The molecule has 0 aliphatic heterocycles. The summed E-state index contributed by atoms with van der Waals surface area (Å²) >= 11 is 0. The maximum atomic E-state index is 12.5. The molecule has 1 aromatic heterocycles. The van der Waals surface area contributed by atoms with Crippen molar-refractivity contribution in [3.63, 3.8) is 0 Å². The van der Waals surface area contributed by atoms with Gasteiger partial charge in [-0.1, -0.05) is 12.1 Å². The van der Waals surface area contributed by atoms with Gasteiger partial charge in [0.2, 0.25) is 10.0 Å². The lowest BCUT2D eigenvalue weighted by Gasteiger charge is -2.25. The van der Waals surface area contributed by atoms with Crippen LogP contribution in [0.2, 0.25) is 0 Å². The van der Waals surface area contributed by atoms with Gasteiger partial charge in [0.1, 0.15) is 5.69 Å². The molecule has 0 aliphatic rings. The number of halogens is 3. The van der Waals surface area contributed by atoms with E-state index in [9.17, 15) is 26.4 Å². The average Bonchev–Trinajstić information content (AvgIpc) is 2.58. The molecular weight excluding hydrogens is 371 g/mol. The molecule has 2 aromatic rings. The molecule has 0 radical (unpaired) electrons. The number of carbonyl (C=O) groups excluding carboxylic acids is 1. The molecule has 0 fully saturated rings. The molecule has 0 saturated heterocycles. The summed E-state index contributed by atoms with van der Waals surface area (Å²) in [6, 6.07) is 7.01. The third kappa shape index (κ3) is 4.38. The lowest BCUT2D eigenvalue weighted by atomic mass is 10.1. The molecule has 10 heteroatoms. The number of hydrogen-bond donors (Lipinski definition) is 1. The van der Waals surface area contributed by atoms with Crippen LogP contribution in [0.4, 0.5) is 13.2 Å². The molecule has 1 amide bonds. The molecule has 1 atom stereocenters. The van der Waals surface area contributed by atoms with Crippen molar-refractivity contribution < 1.29 is 26.4 Å². The molecule has 0 saturated carbocycles. The number of rotatable bonds is 4. The van der Waals surface area contributed by atoms with Crippen LogP contribution in [-0.4, -0.2) is 31.3 Å². The first-order valence-electron chi connectivity index (χ1n) is 7.34. The number of carbonyl (C=O) groups is 1. The van der Waals surface area contributed by atoms with Gasteiger partial charge in [0, 0.05) is 13.2 Å². The number of pyridine rings is 1. The first kappa shape index (κ1) is 19.9. The van der Waals surface area contributed by atoms with Crippen molar-refractivity contribution in [2.75, 3.05) is 7.05 Å². The molecule has 0 aliphatic carbocycles. The van der Waals surface area contributed by atoms with Crippen LogP contribution in [0.15, 0.2) is 47.5 Å². The third-order valence-corrected chi connectivity index (χ3v) is 4.82. The Labute approximate surface area is 148 Å². The second-order valence-corrected chi connectivity index (χ2v) is 7.20.